The van der Waals surface area contributed by atoms with Crippen LogP contribution in [0.1, 0.15) is 25.5 Å². The quantitative estimate of drug-likeness (QED) is 0.591. The molecule has 2 rings (SSSR count). The fraction of sp³-hybridized carbons (Fsp3) is 0.278. The Kier molecular flexibility index (Phi) is 6.57. The smallest absolute Gasteiger partial charge is 0.269 e. The van der Waals surface area contributed by atoms with E-state index in [2.05, 4.69) is 5.32 Å². The first-order valence-corrected chi connectivity index (χ1v) is 9.27. The molecule has 1 amide bonds. The molecule has 2 aromatic carbocycles. The Balaban J connectivity index is 2.04. The molecule has 0 bridgehead atoms. The number of hydrogen-bond acceptors (Lipinski definition) is 4. The van der Waals surface area contributed by atoms with Crippen molar-refractivity contribution in [1.29, 1.82) is 0 Å². The summed E-state index contributed by atoms with van der Waals surface area (Å²) in [5.41, 5.74) is 0.655. The van der Waals surface area contributed by atoms with Crippen molar-refractivity contribution in [1.82, 2.24) is 5.32 Å². The summed E-state index contributed by atoms with van der Waals surface area (Å²) in [4.78, 5) is 22.7. The second-order valence-electron chi connectivity index (χ2n) is 6.08. The fourth-order valence-corrected chi connectivity index (χ4v) is 3.37. The molecular weight excluding hydrogens is 359 g/mol. The molecule has 0 aliphatic rings. The minimum atomic E-state index is -1.62. The molecule has 2 atom stereocenters. The van der Waals surface area contributed by atoms with Gasteiger partial charge in [-0.1, -0.05) is 26.0 Å². The highest BCUT2D eigenvalue weighted by atomic mass is 32.2. The number of nitro groups is 1. The number of nitrogens with zero attached hydrogens (tertiary/aromatic N) is 1. The lowest BCUT2D eigenvalue weighted by Gasteiger charge is -2.23. The monoisotopic (exact) mass is 378 g/mol. The highest BCUT2D eigenvalue weighted by molar-refractivity contribution is 7.85. The highest BCUT2D eigenvalue weighted by Crippen LogP contribution is 2.22. The lowest BCUT2D eigenvalue weighted by atomic mass is 9.96. The number of carbonyl (C=O) groups excluding carboxylic acids is 1. The average molecular weight is 378 g/mol. The van der Waals surface area contributed by atoms with Crippen molar-refractivity contribution in [2.75, 3.05) is 5.75 Å². The van der Waals surface area contributed by atoms with Crippen LogP contribution in [0.2, 0.25) is 0 Å². The van der Waals surface area contributed by atoms with Gasteiger partial charge in [-0.15, -0.1) is 0 Å². The fourth-order valence-electron chi connectivity index (χ4n) is 2.44. The van der Waals surface area contributed by atoms with Crippen LogP contribution in [-0.4, -0.2) is 20.8 Å². The molecule has 0 radical (unpaired) electrons. The van der Waals surface area contributed by atoms with Gasteiger partial charge in [0.15, 0.2) is 0 Å². The van der Waals surface area contributed by atoms with E-state index in [9.17, 15) is 23.5 Å². The van der Waals surface area contributed by atoms with E-state index in [0.717, 1.165) is 5.56 Å². The number of non-ortho nitro benzene ring substituents is 1. The Morgan fingerprint density at radius 2 is 1.73 bits per heavy atom. The summed E-state index contributed by atoms with van der Waals surface area (Å²) in [6, 6.07) is 10.8. The van der Waals surface area contributed by atoms with Gasteiger partial charge < -0.3 is 5.32 Å². The summed E-state index contributed by atoms with van der Waals surface area (Å²) in [7, 11) is -1.62. The van der Waals surface area contributed by atoms with Crippen molar-refractivity contribution in [3.63, 3.8) is 0 Å². The van der Waals surface area contributed by atoms with E-state index in [1.807, 2.05) is 13.8 Å². The lowest BCUT2D eigenvalue weighted by molar-refractivity contribution is -0.384. The first-order valence-electron chi connectivity index (χ1n) is 7.95. The van der Waals surface area contributed by atoms with Crippen LogP contribution < -0.4 is 5.32 Å². The van der Waals surface area contributed by atoms with Gasteiger partial charge in [-0.2, -0.15) is 0 Å². The number of hydrogen-bond donors (Lipinski definition) is 1. The maximum absolute atomic E-state index is 13.1. The second-order valence-corrected chi connectivity index (χ2v) is 7.53. The van der Waals surface area contributed by atoms with Crippen molar-refractivity contribution < 1.29 is 18.3 Å². The summed E-state index contributed by atoms with van der Waals surface area (Å²) in [6.07, 6.45) is 0. The number of rotatable bonds is 7. The van der Waals surface area contributed by atoms with Crippen molar-refractivity contribution in [2.24, 2.45) is 5.92 Å². The molecule has 0 saturated carbocycles. The van der Waals surface area contributed by atoms with Crippen LogP contribution in [0.25, 0.3) is 0 Å². The maximum Gasteiger partial charge on any atom is 0.269 e. The van der Waals surface area contributed by atoms with Crippen molar-refractivity contribution in [2.45, 2.75) is 24.8 Å². The van der Waals surface area contributed by atoms with Gasteiger partial charge in [-0.25, -0.2) is 4.39 Å². The third-order valence-corrected chi connectivity index (χ3v) is 5.11. The van der Waals surface area contributed by atoms with Crippen LogP contribution in [0.4, 0.5) is 10.1 Å². The standard InChI is InChI=1S/C18H19FN2O4S/c1-12(2)18(13-3-5-14(19)6-4-13)20-17(22)11-26(25)16-9-7-15(8-10-16)21(23)24/h3-10,12,18H,11H2,1-2H3,(H,20,22)/t18-,26+/m1/s1. The molecule has 0 saturated heterocycles. The Labute approximate surface area is 153 Å². The first kappa shape index (κ1) is 19.7. The van der Waals surface area contributed by atoms with Gasteiger partial charge in [0, 0.05) is 17.0 Å². The molecule has 0 unspecified atom stereocenters. The van der Waals surface area contributed by atoms with Crippen LogP contribution in [0.5, 0.6) is 0 Å². The van der Waals surface area contributed by atoms with Gasteiger partial charge in [-0.3, -0.25) is 19.1 Å². The number of halogens is 1. The van der Waals surface area contributed by atoms with Crippen LogP contribution in [-0.2, 0) is 15.6 Å². The summed E-state index contributed by atoms with van der Waals surface area (Å²) in [5, 5.41) is 13.5. The zero-order valence-corrected chi connectivity index (χ0v) is 15.2. The summed E-state index contributed by atoms with van der Waals surface area (Å²) in [5.74, 6) is -0.980. The zero-order chi connectivity index (χ0) is 19.3. The Morgan fingerprint density at radius 1 is 1.15 bits per heavy atom. The molecule has 0 spiro atoms. The first-order chi connectivity index (χ1) is 12.3. The van der Waals surface area contributed by atoms with Gasteiger partial charge in [0.2, 0.25) is 5.91 Å². The minimum Gasteiger partial charge on any atom is -0.348 e. The third kappa shape index (κ3) is 5.19. The normalized spacial score (nSPS) is 13.2. The van der Waals surface area contributed by atoms with Crippen molar-refractivity contribution in [3.05, 3.63) is 70.0 Å². The molecular formula is C18H19FN2O4S. The predicted molar refractivity (Wildman–Crippen MR) is 96.5 cm³/mol. The van der Waals surface area contributed by atoms with E-state index >= 15 is 0 Å². The number of benzene rings is 2. The van der Waals surface area contributed by atoms with Crippen LogP contribution in [0.15, 0.2) is 53.4 Å². The van der Waals surface area contributed by atoms with Crippen molar-refractivity contribution in [3.8, 4) is 0 Å². The molecule has 8 heteroatoms. The predicted octanol–water partition coefficient (Wildman–Crippen LogP) is 3.36. The van der Waals surface area contributed by atoms with E-state index in [0.29, 0.717) is 4.90 Å². The Bertz CT molecular complexity index is 807. The topological polar surface area (TPSA) is 89.3 Å². The summed E-state index contributed by atoms with van der Waals surface area (Å²) < 4.78 is 25.4. The second kappa shape index (κ2) is 8.66. The molecule has 2 aromatic rings. The van der Waals surface area contributed by atoms with Crippen LogP contribution in [0, 0.1) is 21.8 Å². The van der Waals surface area contributed by atoms with E-state index in [4.69, 9.17) is 0 Å². The maximum atomic E-state index is 13.1. The van der Waals surface area contributed by atoms with Gasteiger partial charge in [0.1, 0.15) is 11.6 Å². The Morgan fingerprint density at radius 3 is 2.23 bits per heavy atom. The molecule has 0 fully saturated rings. The number of carbonyl (C=O) groups is 1. The number of nitrogens with one attached hydrogen (secondary N) is 1. The number of amides is 1. The lowest BCUT2D eigenvalue weighted by Crippen LogP contribution is -2.34. The molecule has 0 aromatic heterocycles. The van der Waals surface area contributed by atoms with Gasteiger partial charge in [0.05, 0.1) is 21.8 Å². The molecule has 0 heterocycles. The molecule has 0 aliphatic heterocycles. The zero-order valence-electron chi connectivity index (χ0n) is 14.3. The molecule has 0 aliphatic carbocycles. The summed E-state index contributed by atoms with van der Waals surface area (Å²) in [6.45, 7) is 3.84. The van der Waals surface area contributed by atoms with E-state index in [-0.39, 0.29) is 29.2 Å². The molecule has 1 N–H and O–H groups in total. The van der Waals surface area contributed by atoms with E-state index < -0.39 is 21.6 Å². The number of nitro benzene ring substituents is 1. The Hall–Kier alpha value is -2.61. The average Bonchev–Trinajstić information content (AvgIpc) is 2.60. The molecule has 6 nitrogen and oxygen atoms in total. The van der Waals surface area contributed by atoms with Gasteiger partial charge >= 0.3 is 0 Å². The third-order valence-electron chi connectivity index (χ3n) is 3.78. The van der Waals surface area contributed by atoms with Crippen LogP contribution in [0.3, 0.4) is 0 Å². The molecule has 138 valence electrons. The van der Waals surface area contributed by atoms with Gasteiger partial charge in [0.25, 0.3) is 5.69 Å². The molecule has 26 heavy (non-hydrogen) atoms. The summed E-state index contributed by atoms with van der Waals surface area (Å²) >= 11 is 0. The highest BCUT2D eigenvalue weighted by Gasteiger charge is 2.20. The van der Waals surface area contributed by atoms with Crippen molar-refractivity contribution >= 4 is 22.4 Å². The SMILES string of the molecule is CC(C)[C@@H](NC(=O)C[S@](=O)c1ccc([N+](=O)[O-])cc1)c1ccc(F)cc1. The van der Waals surface area contributed by atoms with Crippen LogP contribution >= 0.6 is 0 Å². The van der Waals surface area contributed by atoms with E-state index in [1.54, 1.807) is 12.1 Å². The largest absolute Gasteiger partial charge is 0.348 e. The van der Waals surface area contributed by atoms with E-state index in [1.165, 1.54) is 36.4 Å². The van der Waals surface area contributed by atoms with Gasteiger partial charge in [-0.05, 0) is 35.7 Å². The minimum absolute atomic E-state index is 0.0530.